The van der Waals surface area contributed by atoms with Crippen molar-refractivity contribution in [2.45, 2.75) is 32.6 Å². The van der Waals surface area contributed by atoms with E-state index in [0.29, 0.717) is 4.99 Å². The first-order valence-corrected chi connectivity index (χ1v) is 8.35. The van der Waals surface area contributed by atoms with E-state index in [1.165, 1.54) is 32.4 Å². The number of nitrogens with two attached hydrogens (primary N) is 1. The van der Waals surface area contributed by atoms with Gasteiger partial charge in [-0.3, -0.25) is 0 Å². The molecule has 0 aliphatic carbocycles. The van der Waals surface area contributed by atoms with Gasteiger partial charge in [-0.15, -0.1) is 0 Å². The van der Waals surface area contributed by atoms with Gasteiger partial charge in [0.25, 0.3) is 0 Å². The minimum Gasteiger partial charge on any atom is -0.494 e. The molecule has 2 N–H and O–H groups in total. The summed E-state index contributed by atoms with van der Waals surface area (Å²) in [5, 5.41) is 0. The SMILES string of the molecule is CCC1CCCN(CCCOc2ccc(C(N)=S)cc2)C1. The van der Waals surface area contributed by atoms with Crippen LogP contribution in [0.25, 0.3) is 0 Å². The molecule has 1 aromatic rings. The third-order valence-electron chi connectivity index (χ3n) is 4.21. The van der Waals surface area contributed by atoms with E-state index in [-0.39, 0.29) is 0 Å². The largest absolute Gasteiger partial charge is 0.494 e. The van der Waals surface area contributed by atoms with Gasteiger partial charge in [0.15, 0.2) is 0 Å². The fourth-order valence-electron chi connectivity index (χ4n) is 2.88. The Bertz CT molecular complexity index is 447. The Morgan fingerprint density at radius 2 is 2.14 bits per heavy atom. The molecule has 0 aromatic heterocycles. The fourth-order valence-corrected chi connectivity index (χ4v) is 3.02. The molecule has 2 rings (SSSR count). The van der Waals surface area contributed by atoms with Crippen LogP contribution in [0.4, 0.5) is 0 Å². The van der Waals surface area contributed by atoms with Crippen LogP contribution in [0, 0.1) is 5.92 Å². The quantitative estimate of drug-likeness (QED) is 0.620. The molecule has 3 nitrogen and oxygen atoms in total. The van der Waals surface area contributed by atoms with Gasteiger partial charge >= 0.3 is 0 Å². The zero-order valence-electron chi connectivity index (χ0n) is 12.9. The Labute approximate surface area is 133 Å². The molecule has 0 bridgehead atoms. The Morgan fingerprint density at radius 3 is 2.81 bits per heavy atom. The van der Waals surface area contributed by atoms with Crippen molar-refractivity contribution < 1.29 is 4.74 Å². The average Bonchev–Trinajstić information content (AvgIpc) is 2.52. The minimum atomic E-state index is 0.428. The second-order valence-electron chi connectivity index (χ2n) is 5.81. The number of piperidine rings is 1. The molecule has 1 atom stereocenters. The first kappa shape index (κ1) is 16.2. The molecular weight excluding hydrogens is 280 g/mol. The first-order chi connectivity index (χ1) is 10.2. The van der Waals surface area contributed by atoms with Crippen LogP contribution < -0.4 is 10.5 Å². The number of rotatable bonds is 7. The zero-order chi connectivity index (χ0) is 15.1. The molecule has 0 spiro atoms. The van der Waals surface area contributed by atoms with Gasteiger partial charge in [0, 0.05) is 18.7 Å². The van der Waals surface area contributed by atoms with Crippen LogP contribution in [-0.4, -0.2) is 36.1 Å². The molecule has 0 amide bonds. The number of hydrogen-bond donors (Lipinski definition) is 1. The van der Waals surface area contributed by atoms with Crippen molar-refractivity contribution in [1.29, 1.82) is 0 Å². The van der Waals surface area contributed by atoms with Crippen LogP contribution in [0.2, 0.25) is 0 Å². The number of benzene rings is 1. The fraction of sp³-hybridized carbons (Fsp3) is 0.588. The van der Waals surface area contributed by atoms with Crippen LogP contribution in [0.1, 0.15) is 38.2 Å². The van der Waals surface area contributed by atoms with Gasteiger partial charge in [0.2, 0.25) is 0 Å². The number of hydrogen-bond acceptors (Lipinski definition) is 3. The summed E-state index contributed by atoms with van der Waals surface area (Å²) in [6.07, 6.45) is 5.13. The third kappa shape index (κ3) is 5.29. The lowest BCUT2D eigenvalue weighted by Crippen LogP contribution is -2.36. The van der Waals surface area contributed by atoms with Crippen LogP contribution in [0.5, 0.6) is 5.75 Å². The van der Waals surface area contributed by atoms with E-state index in [9.17, 15) is 0 Å². The highest BCUT2D eigenvalue weighted by atomic mass is 32.1. The van der Waals surface area contributed by atoms with Crippen molar-refractivity contribution in [2.75, 3.05) is 26.2 Å². The molecule has 1 unspecified atom stereocenters. The van der Waals surface area contributed by atoms with Crippen LogP contribution in [0.15, 0.2) is 24.3 Å². The monoisotopic (exact) mass is 306 g/mol. The van der Waals surface area contributed by atoms with E-state index in [0.717, 1.165) is 36.8 Å². The van der Waals surface area contributed by atoms with Crippen LogP contribution >= 0.6 is 12.2 Å². The second kappa shape index (κ2) is 8.35. The summed E-state index contributed by atoms with van der Waals surface area (Å²) in [6, 6.07) is 7.69. The average molecular weight is 306 g/mol. The molecule has 0 radical (unpaired) electrons. The highest BCUT2D eigenvalue weighted by molar-refractivity contribution is 7.80. The summed E-state index contributed by atoms with van der Waals surface area (Å²) in [6.45, 7) is 6.72. The van der Waals surface area contributed by atoms with E-state index in [2.05, 4.69) is 11.8 Å². The molecule has 1 aliphatic rings. The summed E-state index contributed by atoms with van der Waals surface area (Å²) in [7, 11) is 0. The number of thiocarbonyl (C=S) groups is 1. The van der Waals surface area contributed by atoms with Crippen molar-refractivity contribution >= 4 is 17.2 Å². The van der Waals surface area contributed by atoms with Crippen molar-refractivity contribution in [1.82, 2.24) is 4.90 Å². The highest BCUT2D eigenvalue weighted by Gasteiger charge is 2.17. The summed E-state index contributed by atoms with van der Waals surface area (Å²) < 4.78 is 5.77. The molecule has 1 aromatic carbocycles. The van der Waals surface area contributed by atoms with Gasteiger partial charge in [0.05, 0.1) is 6.61 Å². The standard InChI is InChI=1S/C17H26N2OS/c1-2-14-5-3-10-19(13-14)11-4-12-20-16-8-6-15(7-9-16)17(18)21/h6-9,14H,2-5,10-13H2,1H3,(H2,18,21). The summed E-state index contributed by atoms with van der Waals surface area (Å²) in [5.74, 6) is 1.78. The van der Waals surface area contributed by atoms with Gasteiger partial charge in [0.1, 0.15) is 10.7 Å². The van der Waals surface area contributed by atoms with Gasteiger partial charge in [-0.2, -0.15) is 0 Å². The maximum Gasteiger partial charge on any atom is 0.119 e. The smallest absolute Gasteiger partial charge is 0.119 e. The van der Waals surface area contributed by atoms with E-state index < -0.39 is 0 Å². The normalized spacial score (nSPS) is 19.4. The van der Waals surface area contributed by atoms with Crippen molar-refractivity contribution in [3.05, 3.63) is 29.8 Å². The van der Waals surface area contributed by atoms with E-state index in [1.54, 1.807) is 0 Å². The molecule has 1 aliphatic heterocycles. The Kier molecular flexibility index (Phi) is 6.46. The Hall–Kier alpha value is -1.13. The molecule has 1 saturated heterocycles. The molecule has 116 valence electrons. The van der Waals surface area contributed by atoms with E-state index in [1.807, 2.05) is 24.3 Å². The van der Waals surface area contributed by atoms with Crippen molar-refractivity contribution in [2.24, 2.45) is 11.7 Å². The maximum atomic E-state index is 5.77. The molecule has 21 heavy (non-hydrogen) atoms. The van der Waals surface area contributed by atoms with E-state index in [4.69, 9.17) is 22.7 Å². The van der Waals surface area contributed by atoms with Gasteiger partial charge < -0.3 is 15.4 Å². The number of likely N-dealkylation sites (tertiary alicyclic amines) is 1. The van der Waals surface area contributed by atoms with Gasteiger partial charge in [-0.05, 0) is 56.0 Å². The lowest BCUT2D eigenvalue weighted by atomic mass is 9.96. The number of nitrogens with zero attached hydrogens (tertiary/aromatic N) is 1. The van der Waals surface area contributed by atoms with Crippen molar-refractivity contribution in [3.8, 4) is 5.75 Å². The van der Waals surface area contributed by atoms with Crippen LogP contribution in [-0.2, 0) is 0 Å². The molecule has 4 heteroatoms. The summed E-state index contributed by atoms with van der Waals surface area (Å²) in [5.41, 5.74) is 6.46. The predicted molar refractivity (Wildman–Crippen MR) is 91.9 cm³/mol. The van der Waals surface area contributed by atoms with Crippen LogP contribution in [0.3, 0.4) is 0 Å². The summed E-state index contributed by atoms with van der Waals surface area (Å²) >= 11 is 4.93. The number of ether oxygens (including phenoxy) is 1. The molecular formula is C17H26N2OS. The maximum absolute atomic E-state index is 5.77. The van der Waals surface area contributed by atoms with Crippen molar-refractivity contribution in [3.63, 3.8) is 0 Å². The lowest BCUT2D eigenvalue weighted by Gasteiger charge is -2.32. The van der Waals surface area contributed by atoms with Gasteiger partial charge in [-0.1, -0.05) is 25.6 Å². The molecule has 1 heterocycles. The molecule has 1 fully saturated rings. The topological polar surface area (TPSA) is 38.5 Å². The zero-order valence-corrected chi connectivity index (χ0v) is 13.7. The predicted octanol–water partition coefficient (Wildman–Crippen LogP) is 3.21. The third-order valence-corrected chi connectivity index (χ3v) is 4.44. The minimum absolute atomic E-state index is 0.428. The summed E-state index contributed by atoms with van der Waals surface area (Å²) in [4.78, 5) is 3.01. The van der Waals surface area contributed by atoms with E-state index >= 15 is 0 Å². The highest BCUT2D eigenvalue weighted by Crippen LogP contribution is 2.19. The first-order valence-electron chi connectivity index (χ1n) is 7.94. The second-order valence-corrected chi connectivity index (χ2v) is 6.25. The molecule has 0 saturated carbocycles. The lowest BCUT2D eigenvalue weighted by molar-refractivity contribution is 0.160. The Morgan fingerprint density at radius 1 is 1.38 bits per heavy atom. The van der Waals surface area contributed by atoms with Gasteiger partial charge in [-0.25, -0.2) is 0 Å². The Balaban J connectivity index is 1.66.